The fourth-order valence-corrected chi connectivity index (χ4v) is 3.57. The van der Waals surface area contributed by atoms with Crippen LogP contribution in [0.15, 0.2) is 6.20 Å². The first-order valence-corrected chi connectivity index (χ1v) is 8.12. The fraction of sp³-hybridized carbons (Fsp3) is 0.600. The first-order chi connectivity index (χ1) is 9.60. The third-order valence-electron chi connectivity index (χ3n) is 4.05. The summed E-state index contributed by atoms with van der Waals surface area (Å²) in [5.74, 6) is 0. The average molecular weight is 290 g/mol. The first kappa shape index (κ1) is 13.8. The lowest BCUT2D eigenvalue weighted by Crippen LogP contribution is -2.24. The van der Waals surface area contributed by atoms with E-state index in [1.54, 1.807) is 0 Å². The van der Waals surface area contributed by atoms with Gasteiger partial charge >= 0.3 is 0 Å². The zero-order valence-corrected chi connectivity index (χ0v) is 13.4. The number of nitrogens with zero attached hydrogens (tertiary/aromatic N) is 3. The lowest BCUT2D eigenvalue weighted by molar-refractivity contribution is 0.592. The minimum Gasteiger partial charge on any atom is -0.301 e. The number of hydrogen-bond acceptors (Lipinski definition) is 4. The normalized spacial score (nSPS) is 16.6. The Labute approximate surface area is 124 Å². The van der Waals surface area contributed by atoms with E-state index in [0.29, 0.717) is 6.04 Å². The van der Waals surface area contributed by atoms with Crippen molar-refractivity contribution in [2.45, 2.75) is 52.1 Å². The van der Waals surface area contributed by atoms with Gasteiger partial charge in [0.25, 0.3) is 0 Å². The summed E-state index contributed by atoms with van der Waals surface area (Å²) < 4.78 is 1.94. The van der Waals surface area contributed by atoms with Crippen LogP contribution in [-0.2, 0) is 13.5 Å². The molecule has 108 valence electrons. The molecule has 0 bridgehead atoms. The highest BCUT2D eigenvalue weighted by molar-refractivity contribution is 7.11. The van der Waals surface area contributed by atoms with E-state index in [-0.39, 0.29) is 6.04 Å². The van der Waals surface area contributed by atoms with Crippen LogP contribution in [0.5, 0.6) is 0 Å². The van der Waals surface area contributed by atoms with Crippen molar-refractivity contribution >= 4 is 11.3 Å². The number of hydrogen-bond donors (Lipinski definition) is 1. The maximum Gasteiger partial charge on any atom is 0.115 e. The van der Waals surface area contributed by atoms with E-state index in [1.807, 2.05) is 29.3 Å². The summed E-state index contributed by atoms with van der Waals surface area (Å²) in [6.07, 6.45) is 5.55. The van der Waals surface area contributed by atoms with Gasteiger partial charge in [0.15, 0.2) is 0 Å². The molecule has 0 aromatic carbocycles. The highest BCUT2D eigenvalue weighted by Gasteiger charge is 2.30. The van der Waals surface area contributed by atoms with Gasteiger partial charge in [0.1, 0.15) is 5.01 Å². The smallest absolute Gasteiger partial charge is 0.115 e. The molecule has 3 rings (SSSR count). The van der Waals surface area contributed by atoms with Gasteiger partial charge in [0, 0.05) is 29.2 Å². The maximum absolute atomic E-state index is 4.86. The van der Waals surface area contributed by atoms with Crippen LogP contribution in [0, 0.1) is 13.8 Å². The predicted octanol–water partition coefficient (Wildman–Crippen LogP) is 2.90. The largest absolute Gasteiger partial charge is 0.301 e. The third kappa shape index (κ3) is 2.52. The molecule has 0 aliphatic heterocycles. The van der Waals surface area contributed by atoms with Gasteiger partial charge in [-0.2, -0.15) is 5.10 Å². The molecule has 2 heterocycles. The van der Waals surface area contributed by atoms with Crippen molar-refractivity contribution in [3.63, 3.8) is 0 Å². The Morgan fingerprint density at radius 2 is 2.20 bits per heavy atom. The Morgan fingerprint density at radius 1 is 1.45 bits per heavy atom. The van der Waals surface area contributed by atoms with E-state index >= 15 is 0 Å². The number of aromatic nitrogens is 3. The van der Waals surface area contributed by atoms with Crippen LogP contribution in [0.1, 0.15) is 52.6 Å². The molecule has 0 saturated heterocycles. The molecule has 0 spiro atoms. The van der Waals surface area contributed by atoms with Crippen molar-refractivity contribution in [1.82, 2.24) is 20.1 Å². The number of rotatable bonds is 5. The second kappa shape index (κ2) is 5.30. The quantitative estimate of drug-likeness (QED) is 0.920. The molecule has 0 radical (unpaired) electrons. The Bertz CT molecular complexity index is 609. The Morgan fingerprint density at radius 3 is 2.70 bits per heavy atom. The molecule has 1 unspecified atom stereocenters. The number of nitrogens with one attached hydrogen (secondary N) is 1. The average Bonchev–Trinajstić information content (AvgIpc) is 3.09. The van der Waals surface area contributed by atoms with Crippen molar-refractivity contribution in [3.8, 4) is 0 Å². The fourth-order valence-electron chi connectivity index (χ4n) is 2.48. The van der Waals surface area contributed by atoms with E-state index < -0.39 is 0 Å². The standard InChI is InChI=1S/C15H22N4S/c1-5-13-10(3)20-15(18-13)14(17-11-6-7-11)12-8-16-19(4)9(12)2/h8,11,14,17H,5-7H2,1-4H3. The molecular formula is C15H22N4S. The van der Waals surface area contributed by atoms with Crippen LogP contribution in [0.3, 0.4) is 0 Å². The molecule has 5 heteroatoms. The second-order valence-corrected chi connectivity index (χ2v) is 6.83. The lowest BCUT2D eigenvalue weighted by Gasteiger charge is -2.16. The lowest BCUT2D eigenvalue weighted by atomic mass is 10.1. The molecule has 2 aromatic heterocycles. The van der Waals surface area contributed by atoms with Crippen molar-refractivity contribution in [3.05, 3.63) is 33.0 Å². The highest BCUT2D eigenvalue weighted by atomic mass is 32.1. The van der Waals surface area contributed by atoms with Crippen LogP contribution in [0.2, 0.25) is 0 Å². The van der Waals surface area contributed by atoms with E-state index in [0.717, 1.165) is 6.42 Å². The van der Waals surface area contributed by atoms with Gasteiger partial charge < -0.3 is 5.32 Å². The van der Waals surface area contributed by atoms with E-state index in [1.165, 1.54) is 39.7 Å². The monoisotopic (exact) mass is 290 g/mol. The molecule has 1 N–H and O–H groups in total. The first-order valence-electron chi connectivity index (χ1n) is 7.31. The minimum atomic E-state index is 0.195. The summed E-state index contributed by atoms with van der Waals surface area (Å²) in [5.41, 5.74) is 3.71. The molecular weight excluding hydrogens is 268 g/mol. The Kier molecular flexibility index (Phi) is 3.65. The molecule has 20 heavy (non-hydrogen) atoms. The SMILES string of the molecule is CCc1nc(C(NC2CC2)c2cnn(C)c2C)sc1C. The Balaban J connectivity index is 1.98. The molecule has 1 saturated carbocycles. The minimum absolute atomic E-state index is 0.195. The molecule has 1 fully saturated rings. The van der Waals surface area contributed by atoms with Crippen LogP contribution in [0.4, 0.5) is 0 Å². The number of thiazole rings is 1. The van der Waals surface area contributed by atoms with Gasteiger partial charge in [0.2, 0.25) is 0 Å². The van der Waals surface area contributed by atoms with E-state index in [2.05, 4.69) is 31.2 Å². The topological polar surface area (TPSA) is 42.7 Å². The van der Waals surface area contributed by atoms with Gasteiger partial charge in [-0.25, -0.2) is 4.98 Å². The van der Waals surface area contributed by atoms with Gasteiger partial charge in [-0.3, -0.25) is 4.68 Å². The van der Waals surface area contributed by atoms with Crippen molar-refractivity contribution in [1.29, 1.82) is 0 Å². The predicted molar refractivity (Wildman–Crippen MR) is 82.2 cm³/mol. The van der Waals surface area contributed by atoms with Gasteiger partial charge in [-0.05, 0) is 33.1 Å². The summed E-state index contributed by atoms with van der Waals surface area (Å²) in [5, 5.41) is 9.31. The molecule has 1 aliphatic rings. The van der Waals surface area contributed by atoms with E-state index in [9.17, 15) is 0 Å². The number of aryl methyl sites for hydroxylation is 3. The van der Waals surface area contributed by atoms with Crippen molar-refractivity contribution in [2.75, 3.05) is 0 Å². The highest BCUT2D eigenvalue weighted by Crippen LogP contribution is 2.33. The molecule has 1 atom stereocenters. The third-order valence-corrected chi connectivity index (χ3v) is 5.13. The summed E-state index contributed by atoms with van der Waals surface area (Å²) in [7, 11) is 2.00. The van der Waals surface area contributed by atoms with Gasteiger partial charge in [-0.1, -0.05) is 6.92 Å². The van der Waals surface area contributed by atoms with E-state index in [4.69, 9.17) is 4.98 Å². The van der Waals surface area contributed by atoms with Crippen molar-refractivity contribution < 1.29 is 0 Å². The molecule has 1 aliphatic carbocycles. The van der Waals surface area contributed by atoms with Gasteiger partial charge in [-0.15, -0.1) is 11.3 Å². The van der Waals surface area contributed by atoms with Crippen LogP contribution in [-0.4, -0.2) is 20.8 Å². The molecule has 0 amide bonds. The summed E-state index contributed by atoms with van der Waals surface area (Å²) in [6.45, 7) is 6.47. The molecule has 4 nitrogen and oxygen atoms in total. The van der Waals surface area contributed by atoms with Crippen LogP contribution in [0.25, 0.3) is 0 Å². The molecule has 2 aromatic rings. The summed E-state index contributed by atoms with van der Waals surface area (Å²) in [6, 6.07) is 0.842. The zero-order valence-electron chi connectivity index (χ0n) is 12.6. The van der Waals surface area contributed by atoms with Crippen LogP contribution < -0.4 is 5.32 Å². The zero-order chi connectivity index (χ0) is 14.3. The summed E-state index contributed by atoms with van der Waals surface area (Å²) >= 11 is 1.82. The second-order valence-electron chi connectivity index (χ2n) is 5.59. The van der Waals surface area contributed by atoms with Crippen LogP contribution >= 0.6 is 11.3 Å². The maximum atomic E-state index is 4.86. The van der Waals surface area contributed by atoms with Gasteiger partial charge in [0.05, 0.1) is 17.9 Å². The Hall–Kier alpha value is -1.20. The summed E-state index contributed by atoms with van der Waals surface area (Å²) in [4.78, 5) is 6.19. The van der Waals surface area contributed by atoms with Crippen molar-refractivity contribution in [2.24, 2.45) is 7.05 Å².